The van der Waals surface area contributed by atoms with E-state index in [1.54, 1.807) is 6.20 Å². The van der Waals surface area contributed by atoms with E-state index in [1.165, 1.54) is 6.92 Å². The van der Waals surface area contributed by atoms with Gasteiger partial charge in [0.05, 0.1) is 0 Å². The number of ketones is 2. The Kier molecular flexibility index (Phi) is 3.18. The van der Waals surface area contributed by atoms with Crippen LogP contribution in [0, 0.1) is 11.8 Å². The van der Waals surface area contributed by atoms with Crippen LogP contribution in [0.3, 0.4) is 0 Å². The molecule has 3 nitrogen and oxygen atoms in total. The Morgan fingerprint density at radius 2 is 2.18 bits per heavy atom. The Morgan fingerprint density at radius 1 is 1.47 bits per heavy atom. The predicted octanol–water partition coefficient (Wildman–Crippen LogP) is 3.01. The van der Waals surface area contributed by atoms with Gasteiger partial charge in [-0.3, -0.25) is 9.59 Å². The van der Waals surface area contributed by atoms with Crippen LogP contribution in [0.4, 0.5) is 0 Å². The third kappa shape index (κ3) is 2.19. The quantitative estimate of drug-likeness (QED) is 0.630. The molecule has 0 radical (unpaired) electrons. The third-order valence-corrected chi connectivity index (χ3v) is 3.78. The second kappa shape index (κ2) is 4.47. The first kappa shape index (κ1) is 12.1. The van der Waals surface area contributed by atoms with Gasteiger partial charge in [0.2, 0.25) is 0 Å². The van der Waals surface area contributed by atoms with Crippen molar-refractivity contribution in [2.75, 3.05) is 0 Å². The zero-order chi connectivity index (χ0) is 12.6. The van der Waals surface area contributed by atoms with E-state index in [1.807, 2.05) is 0 Å². The molecule has 0 spiro atoms. The molecular weight excluding hydrogens is 214 g/mol. The summed E-state index contributed by atoms with van der Waals surface area (Å²) in [5.41, 5.74) is 2.17. The van der Waals surface area contributed by atoms with E-state index < -0.39 is 0 Å². The molecule has 1 aliphatic carbocycles. The average molecular weight is 233 g/mol. The molecule has 1 aliphatic rings. The Hall–Kier alpha value is -1.38. The second-order valence-electron chi connectivity index (χ2n) is 5.28. The molecule has 1 heterocycles. The molecule has 1 aromatic heterocycles. The first-order valence-electron chi connectivity index (χ1n) is 6.25. The Balaban J connectivity index is 2.36. The molecule has 0 saturated heterocycles. The first-order valence-corrected chi connectivity index (χ1v) is 6.25. The lowest BCUT2D eigenvalue weighted by Gasteiger charge is -2.17. The lowest BCUT2D eigenvalue weighted by Crippen LogP contribution is -2.13. The van der Waals surface area contributed by atoms with Crippen LogP contribution in [0.5, 0.6) is 0 Å². The van der Waals surface area contributed by atoms with Gasteiger partial charge in [0.25, 0.3) is 0 Å². The second-order valence-corrected chi connectivity index (χ2v) is 5.28. The summed E-state index contributed by atoms with van der Waals surface area (Å²) in [7, 11) is 0. The van der Waals surface area contributed by atoms with Gasteiger partial charge in [-0.2, -0.15) is 0 Å². The highest BCUT2D eigenvalue weighted by Crippen LogP contribution is 2.30. The molecule has 1 aromatic rings. The molecule has 0 bridgehead atoms. The van der Waals surface area contributed by atoms with Crippen molar-refractivity contribution >= 4 is 11.6 Å². The topological polar surface area (TPSA) is 49.9 Å². The molecule has 0 aromatic carbocycles. The van der Waals surface area contributed by atoms with Gasteiger partial charge in [0, 0.05) is 29.4 Å². The number of fused-ring (bicyclic) bond motifs is 1. The molecule has 17 heavy (non-hydrogen) atoms. The molecule has 1 unspecified atom stereocenters. The SMILES string of the molecule is CC(=O)c1c[nH]c2c1C(=O)CC(C(C)C)CC2. The van der Waals surface area contributed by atoms with E-state index >= 15 is 0 Å². The van der Waals surface area contributed by atoms with Crippen molar-refractivity contribution < 1.29 is 9.59 Å². The number of H-pyrrole nitrogens is 1. The molecule has 3 heteroatoms. The van der Waals surface area contributed by atoms with E-state index in [2.05, 4.69) is 18.8 Å². The average Bonchev–Trinajstić information content (AvgIpc) is 2.60. The minimum atomic E-state index is -0.0288. The summed E-state index contributed by atoms with van der Waals surface area (Å²) in [4.78, 5) is 26.8. The molecule has 0 aliphatic heterocycles. The summed E-state index contributed by atoms with van der Waals surface area (Å²) in [6.07, 6.45) is 4.15. The largest absolute Gasteiger partial charge is 0.364 e. The van der Waals surface area contributed by atoms with Crippen molar-refractivity contribution in [3.63, 3.8) is 0 Å². The maximum absolute atomic E-state index is 12.2. The van der Waals surface area contributed by atoms with Gasteiger partial charge in [-0.1, -0.05) is 13.8 Å². The van der Waals surface area contributed by atoms with Crippen molar-refractivity contribution in [3.05, 3.63) is 23.0 Å². The van der Waals surface area contributed by atoms with Crippen molar-refractivity contribution in [1.29, 1.82) is 0 Å². The maximum atomic E-state index is 12.2. The fraction of sp³-hybridized carbons (Fsp3) is 0.571. The highest BCUT2D eigenvalue weighted by atomic mass is 16.1. The van der Waals surface area contributed by atoms with Gasteiger partial charge in [-0.15, -0.1) is 0 Å². The lowest BCUT2D eigenvalue weighted by molar-refractivity contribution is 0.0938. The molecule has 1 atom stereocenters. The zero-order valence-corrected chi connectivity index (χ0v) is 10.7. The van der Waals surface area contributed by atoms with Crippen molar-refractivity contribution in [2.24, 2.45) is 11.8 Å². The predicted molar refractivity (Wildman–Crippen MR) is 66.4 cm³/mol. The van der Waals surface area contributed by atoms with Gasteiger partial charge in [0.1, 0.15) is 0 Å². The first-order chi connectivity index (χ1) is 8.00. The molecule has 0 amide bonds. The molecule has 0 saturated carbocycles. The van der Waals surface area contributed by atoms with Crippen LogP contribution in [-0.2, 0) is 6.42 Å². The van der Waals surface area contributed by atoms with Crippen molar-refractivity contribution in [1.82, 2.24) is 4.98 Å². The summed E-state index contributed by atoms with van der Waals surface area (Å²) >= 11 is 0. The van der Waals surface area contributed by atoms with Crippen LogP contribution < -0.4 is 0 Å². The number of carbonyl (C=O) groups is 2. The maximum Gasteiger partial charge on any atom is 0.165 e. The number of nitrogens with one attached hydrogen (secondary N) is 1. The van der Waals surface area contributed by atoms with E-state index in [0.717, 1.165) is 18.5 Å². The van der Waals surface area contributed by atoms with Gasteiger partial charge in [-0.05, 0) is 31.6 Å². The van der Waals surface area contributed by atoms with Gasteiger partial charge < -0.3 is 4.98 Å². The summed E-state index contributed by atoms with van der Waals surface area (Å²) in [6.45, 7) is 5.83. The van der Waals surface area contributed by atoms with Crippen molar-refractivity contribution in [3.8, 4) is 0 Å². The Morgan fingerprint density at radius 3 is 2.76 bits per heavy atom. The number of hydrogen-bond acceptors (Lipinski definition) is 2. The summed E-state index contributed by atoms with van der Waals surface area (Å²) < 4.78 is 0. The Labute approximate surface area is 102 Å². The fourth-order valence-electron chi connectivity index (χ4n) is 2.60. The number of hydrogen-bond donors (Lipinski definition) is 1. The van der Waals surface area contributed by atoms with E-state index in [0.29, 0.717) is 29.4 Å². The van der Waals surface area contributed by atoms with Crippen LogP contribution in [0.15, 0.2) is 6.20 Å². The molecular formula is C14H19NO2. The highest BCUT2D eigenvalue weighted by molar-refractivity contribution is 6.09. The minimum absolute atomic E-state index is 0.0288. The molecule has 0 fully saturated rings. The van der Waals surface area contributed by atoms with E-state index in [-0.39, 0.29) is 11.6 Å². The number of carbonyl (C=O) groups excluding carboxylic acids is 2. The number of aromatic nitrogens is 1. The van der Waals surface area contributed by atoms with Crippen molar-refractivity contribution in [2.45, 2.75) is 40.0 Å². The van der Waals surface area contributed by atoms with Gasteiger partial charge in [-0.25, -0.2) is 0 Å². The van der Waals surface area contributed by atoms with Crippen LogP contribution in [-0.4, -0.2) is 16.6 Å². The van der Waals surface area contributed by atoms with Gasteiger partial charge in [0.15, 0.2) is 11.6 Å². The van der Waals surface area contributed by atoms with Gasteiger partial charge >= 0.3 is 0 Å². The summed E-state index contributed by atoms with van der Waals surface area (Å²) in [5.74, 6) is 1.05. The van der Waals surface area contributed by atoms with Crippen LogP contribution >= 0.6 is 0 Å². The summed E-state index contributed by atoms with van der Waals surface area (Å²) in [5, 5.41) is 0. The molecule has 1 N–H and O–H groups in total. The number of Topliss-reactive ketones (excluding diaryl/α,β-unsaturated/α-hetero) is 2. The minimum Gasteiger partial charge on any atom is -0.364 e. The fourth-order valence-corrected chi connectivity index (χ4v) is 2.60. The normalized spacial score (nSPS) is 20.2. The van der Waals surface area contributed by atoms with Crippen LogP contribution in [0.2, 0.25) is 0 Å². The highest BCUT2D eigenvalue weighted by Gasteiger charge is 2.28. The number of rotatable bonds is 2. The zero-order valence-electron chi connectivity index (χ0n) is 10.7. The van der Waals surface area contributed by atoms with E-state index in [9.17, 15) is 9.59 Å². The Bertz CT molecular complexity index is 457. The van der Waals surface area contributed by atoms with Crippen LogP contribution in [0.25, 0.3) is 0 Å². The third-order valence-electron chi connectivity index (χ3n) is 3.78. The smallest absolute Gasteiger partial charge is 0.165 e. The number of aromatic amines is 1. The van der Waals surface area contributed by atoms with Crippen LogP contribution in [0.1, 0.15) is 60.0 Å². The van der Waals surface area contributed by atoms with E-state index in [4.69, 9.17) is 0 Å². The standard InChI is InChI=1S/C14H19NO2/c1-8(2)10-4-5-12-14(13(17)6-10)11(7-15-12)9(3)16/h7-8,10,15H,4-6H2,1-3H3. The lowest BCUT2D eigenvalue weighted by atomic mass is 9.88. The summed E-state index contributed by atoms with van der Waals surface area (Å²) in [6, 6.07) is 0. The molecule has 92 valence electrons. The monoisotopic (exact) mass is 233 g/mol. The number of aryl methyl sites for hydroxylation is 1. The molecule has 2 rings (SSSR count).